The molecule has 0 radical (unpaired) electrons. The van der Waals surface area contributed by atoms with Crippen LogP contribution in [-0.4, -0.2) is 24.1 Å². The topological polar surface area (TPSA) is 47.6 Å². The summed E-state index contributed by atoms with van der Waals surface area (Å²) in [6.45, 7) is 2.97. The van der Waals surface area contributed by atoms with Gasteiger partial charge in [-0.25, -0.2) is 0 Å². The fourth-order valence-electron chi connectivity index (χ4n) is 3.56. The lowest BCUT2D eigenvalue weighted by molar-refractivity contribution is -0.0667. The Morgan fingerprint density at radius 2 is 1.72 bits per heavy atom. The zero-order valence-corrected chi connectivity index (χ0v) is 14.4. The zero-order chi connectivity index (χ0) is 17.0. The molecule has 2 aliphatic rings. The fraction of sp³-hybridized carbons (Fsp3) is 0.200. The van der Waals surface area contributed by atoms with Gasteiger partial charge in [-0.2, -0.15) is 0 Å². The molecule has 1 spiro atoms. The minimum absolute atomic E-state index is 0.500. The van der Waals surface area contributed by atoms with Crippen molar-refractivity contribution in [3.8, 4) is 11.1 Å². The summed E-state index contributed by atoms with van der Waals surface area (Å²) >= 11 is 6.07. The highest BCUT2D eigenvalue weighted by molar-refractivity contribution is 6.30. The molecule has 2 aromatic carbocycles. The minimum atomic E-state index is -0.509. The van der Waals surface area contributed by atoms with Gasteiger partial charge in [0.2, 0.25) is 0 Å². The Labute approximate surface area is 150 Å². The molecule has 124 valence electrons. The summed E-state index contributed by atoms with van der Waals surface area (Å²) in [6, 6.07) is 16.0. The molecule has 1 fully saturated rings. The van der Waals surface area contributed by atoms with Gasteiger partial charge in [0.15, 0.2) is 11.3 Å². The number of aryl methyl sites for hydroxylation is 1. The Balaban J connectivity index is 1.83. The van der Waals surface area contributed by atoms with Gasteiger partial charge >= 0.3 is 0 Å². The van der Waals surface area contributed by atoms with Crippen molar-refractivity contribution < 1.29 is 9.26 Å². The highest BCUT2D eigenvalue weighted by atomic mass is 35.5. The van der Waals surface area contributed by atoms with Crippen LogP contribution >= 0.6 is 11.6 Å². The molecule has 0 atom stereocenters. The van der Waals surface area contributed by atoms with Crippen LogP contribution in [0.15, 0.2) is 58.0 Å². The molecule has 25 heavy (non-hydrogen) atoms. The van der Waals surface area contributed by atoms with Crippen molar-refractivity contribution in [1.29, 1.82) is 0 Å². The summed E-state index contributed by atoms with van der Waals surface area (Å²) in [5.74, 6) is 0.799. The van der Waals surface area contributed by atoms with Crippen molar-refractivity contribution >= 4 is 17.3 Å². The van der Waals surface area contributed by atoms with Gasteiger partial charge in [-0.05, 0) is 24.6 Å². The van der Waals surface area contributed by atoms with Crippen LogP contribution in [0.1, 0.15) is 22.6 Å². The lowest BCUT2D eigenvalue weighted by Gasteiger charge is -2.36. The first kappa shape index (κ1) is 14.9. The molecule has 5 heteroatoms. The monoisotopic (exact) mass is 350 g/mol. The van der Waals surface area contributed by atoms with Crippen molar-refractivity contribution in [2.24, 2.45) is 4.99 Å². The maximum atomic E-state index is 6.07. The second-order valence-electron chi connectivity index (χ2n) is 6.51. The first-order valence-electron chi connectivity index (χ1n) is 8.18. The molecule has 2 aliphatic heterocycles. The normalized spacial score (nSPS) is 17.3. The molecule has 0 bridgehead atoms. The molecule has 3 heterocycles. The second-order valence-corrected chi connectivity index (χ2v) is 6.95. The van der Waals surface area contributed by atoms with Crippen LogP contribution < -0.4 is 0 Å². The number of hydrogen-bond donors (Lipinski definition) is 0. The van der Waals surface area contributed by atoms with E-state index in [1.165, 1.54) is 0 Å². The van der Waals surface area contributed by atoms with E-state index in [2.05, 4.69) is 17.3 Å². The summed E-state index contributed by atoms with van der Waals surface area (Å²) in [5, 5.41) is 4.92. The maximum Gasteiger partial charge on any atom is 0.177 e. The molecule has 1 saturated heterocycles. The molecular formula is C20H15ClN2O2. The highest BCUT2D eigenvalue weighted by Gasteiger charge is 2.48. The largest absolute Gasteiger partial charge is 0.375 e. The Kier molecular flexibility index (Phi) is 3.14. The van der Waals surface area contributed by atoms with Crippen molar-refractivity contribution in [1.82, 2.24) is 5.16 Å². The number of rotatable bonds is 1. The van der Waals surface area contributed by atoms with Crippen molar-refractivity contribution in [2.45, 2.75) is 12.5 Å². The number of ether oxygens (including phenoxy) is 1. The van der Waals surface area contributed by atoms with Crippen LogP contribution in [0.25, 0.3) is 11.1 Å². The maximum absolute atomic E-state index is 6.07. The standard InChI is InChI=1S/C20H15ClN2O2/c1-12-17-15-4-2-3-5-16(15)18(13-6-8-14(21)9-7-13)22-20(10-24-11-20)19(17)25-23-12/h2-9H,10-11H2,1H3. The van der Waals surface area contributed by atoms with Gasteiger partial charge < -0.3 is 9.26 Å². The van der Waals surface area contributed by atoms with E-state index in [4.69, 9.17) is 25.9 Å². The average Bonchev–Trinajstić information content (AvgIpc) is 2.91. The lowest BCUT2D eigenvalue weighted by atomic mass is 9.89. The van der Waals surface area contributed by atoms with E-state index in [0.29, 0.717) is 18.2 Å². The Bertz CT molecular complexity index is 1000. The van der Waals surface area contributed by atoms with Crippen LogP contribution in [0.3, 0.4) is 0 Å². The van der Waals surface area contributed by atoms with E-state index in [9.17, 15) is 0 Å². The molecule has 4 nitrogen and oxygen atoms in total. The first-order valence-corrected chi connectivity index (χ1v) is 8.56. The molecule has 0 amide bonds. The van der Waals surface area contributed by atoms with Crippen molar-refractivity contribution in [3.63, 3.8) is 0 Å². The Morgan fingerprint density at radius 3 is 2.40 bits per heavy atom. The summed E-state index contributed by atoms with van der Waals surface area (Å²) in [7, 11) is 0. The molecule has 1 aromatic heterocycles. The van der Waals surface area contributed by atoms with E-state index in [1.54, 1.807) is 0 Å². The van der Waals surface area contributed by atoms with Crippen LogP contribution in [0, 0.1) is 6.92 Å². The number of aromatic nitrogens is 1. The number of hydrogen-bond acceptors (Lipinski definition) is 4. The fourth-order valence-corrected chi connectivity index (χ4v) is 3.68. The van der Waals surface area contributed by atoms with Gasteiger partial charge in [0.1, 0.15) is 0 Å². The average molecular weight is 351 g/mol. The number of fused-ring (bicyclic) bond motifs is 4. The molecule has 0 N–H and O–H groups in total. The van der Waals surface area contributed by atoms with E-state index >= 15 is 0 Å². The summed E-state index contributed by atoms with van der Waals surface area (Å²) in [6.07, 6.45) is 0. The Hall–Kier alpha value is -2.43. The first-order chi connectivity index (χ1) is 12.2. The second kappa shape index (κ2) is 5.28. The summed E-state index contributed by atoms with van der Waals surface area (Å²) in [4.78, 5) is 5.12. The van der Waals surface area contributed by atoms with Crippen LogP contribution in [0.2, 0.25) is 5.02 Å². The number of halogens is 1. The van der Waals surface area contributed by atoms with Gasteiger partial charge in [-0.15, -0.1) is 0 Å². The zero-order valence-electron chi connectivity index (χ0n) is 13.6. The van der Waals surface area contributed by atoms with Gasteiger partial charge in [-0.3, -0.25) is 4.99 Å². The number of aliphatic imine (C=N–C) groups is 1. The number of nitrogens with zero attached hydrogens (tertiary/aromatic N) is 2. The van der Waals surface area contributed by atoms with Crippen molar-refractivity contribution in [3.05, 3.63) is 76.1 Å². The minimum Gasteiger partial charge on any atom is -0.375 e. The van der Waals surface area contributed by atoms with Crippen LogP contribution in [0.4, 0.5) is 0 Å². The highest BCUT2D eigenvalue weighted by Crippen LogP contribution is 2.45. The van der Waals surface area contributed by atoms with Gasteiger partial charge in [-0.1, -0.05) is 53.2 Å². The molecule has 3 aromatic rings. The van der Waals surface area contributed by atoms with Gasteiger partial charge in [0.25, 0.3) is 0 Å². The van der Waals surface area contributed by atoms with E-state index in [-0.39, 0.29) is 0 Å². The summed E-state index contributed by atoms with van der Waals surface area (Å²) in [5.41, 5.74) is 5.52. The molecule has 0 aliphatic carbocycles. The smallest absolute Gasteiger partial charge is 0.177 e. The summed E-state index contributed by atoms with van der Waals surface area (Å²) < 4.78 is 11.2. The van der Waals surface area contributed by atoms with Gasteiger partial charge in [0.05, 0.1) is 30.2 Å². The lowest BCUT2D eigenvalue weighted by Crippen LogP contribution is -2.45. The van der Waals surface area contributed by atoms with E-state index < -0.39 is 5.54 Å². The third-order valence-corrected chi connectivity index (χ3v) is 5.11. The van der Waals surface area contributed by atoms with Crippen molar-refractivity contribution in [2.75, 3.05) is 13.2 Å². The molecular weight excluding hydrogens is 336 g/mol. The molecule has 5 rings (SSSR count). The van der Waals surface area contributed by atoms with E-state index in [0.717, 1.165) is 39.4 Å². The predicted octanol–water partition coefficient (Wildman–Crippen LogP) is 4.38. The van der Waals surface area contributed by atoms with Crippen LogP contribution in [0.5, 0.6) is 0 Å². The molecule has 0 unspecified atom stereocenters. The van der Waals surface area contributed by atoms with Gasteiger partial charge in [0, 0.05) is 16.1 Å². The molecule has 0 saturated carbocycles. The third-order valence-electron chi connectivity index (χ3n) is 4.86. The third kappa shape index (κ3) is 2.11. The predicted molar refractivity (Wildman–Crippen MR) is 96.3 cm³/mol. The van der Waals surface area contributed by atoms with E-state index in [1.807, 2.05) is 43.3 Å². The Morgan fingerprint density at radius 1 is 1.00 bits per heavy atom. The quantitative estimate of drug-likeness (QED) is 0.654. The SMILES string of the molecule is Cc1noc2c1-c1ccccc1C(c1ccc(Cl)cc1)=NC21COC1. The number of benzene rings is 2. The van der Waals surface area contributed by atoms with Crippen LogP contribution in [-0.2, 0) is 10.3 Å².